The van der Waals surface area contributed by atoms with Crippen molar-refractivity contribution in [2.24, 2.45) is 5.41 Å². The third kappa shape index (κ3) is 5.35. The third-order valence-corrected chi connectivity index (χ3v) is 5.09. The molecule has 136 valence electrons. The Morgan fingerprint density at radius 2 is 1.92 bits per heavy atom. The minimum Gasteiger partial charge on any atom is -0.353 e. The molecule has 3 rings (SSSR count). The van der Waals surface area contributed by atoms with E-state index in [1.807, 2.05) is 0 Å². The van der Waals surface area contributed by atoms with Gasteiger partial charge in [0, 0.05) is 32.2 Å². The second-order valence-corrected chi connectivity index (χ2v) is 7.00. The number of piperidine rings is 1. The van der Waals surface area contributed by atoms with Crippen LogP contribution in [0.4, 0.5) is 0 Å². The van der Waals surface area contributed by atoms with Crippen molar-refractivity contribution >= 4 is 30.7 Å². The highest BCUT2D eigenvalue weighted by Crippen LogP contribution is 2.25. The molecule has 24 heavy (non-hydrogen) atoms. The lowest BCUT2D eigenvalue weighted by atomic mass is 9.88. The van der Waals surface area contributed by atoms with Crippen molar-refractivity contribution in [1.29, 1.82) is 0 Å². The Morgan fingerprint density at radius 1 is 1.25 bits per heavy atom. The summed E-state index contributed by atoms with van der Waals surface area (Å²) in [4.78, 5) is 14.9. The van der Waals surface area contributed by atoms with Crippen molar-refractivity contribution in [3.05, 3.63) is 35.9 Å². The van der Waals surface area contributed by atoms with E-state index >= 15 is 0 Å². The van der Waals surface area contributed by atoms with Gasteiger partial charge in [0.1, 0.15) is 0 Å². The maximum absolute atomic E-state index is 12.4. The Labute approximate surface area is 157 Å². The number of rotatable bonds is 4. The number of carbonyl (C=O) groups is 1. The van der Waals surface area contributed by atoms with E-state index in [0.717, 1.165) is 52.0 Å². The third-order valence-electron chi connectivity index (χ3n) is 5.09. The minimum absolute atomic E-state index is 0. The topological polar surface area (TPSA) is 44.4 Å². The second-order valence-electron chi connectivity index (χ2n) is 7.00. The average Bonchev–Trinajstić information content (AvgIpc) is 2.98. The van der Waals surface area contributed by atoms with Crippen molar-refractivity contribution in [3.8, 4) is 0 Å². The normalized spacial score (nSPS) is 24.7. The molecule has 2 fully saturated rings. The summed E-state index contributed by atoms with van der Waals surface area (Å²) < 4.78 is 0. The first-order chi connectivity index (χ1) is 10.7. The van der Waals surface area contributed by atoms with E-state index in [4.69, 9.17) is 0 Å². The highest BCUT2D eigenvalue weighted by Gasteiger charge is 2.37. The van der Waals surface area contributed by atoms with Crippen LogP contribution in [0.15, 0.2) is 30.3 Å². The number of carbonyl (C=O) groups excluding carboxylic acids is 1. The van der Waals surface area contributed by atoms with Gasteiger partial charge in [0.25, 0.3) is 0 Å². The van der Waals surface area contributed by atoms with Crippen LogP contribution in [0.25, 0.3) is 0 Å². The van der Waals surface area contributed by atoms with Crippen LogP contribution in [-0.4, -0.2) is 43.0 Å². The Bertz CT molecular complexity index is 498. The zero-order valence-electron chi connectivity index (χ0n) is 14.3. The molecule has 6 heteroatoms. The van der Waals surface area contributed by atoms with Crippen LogP contribution >= 0.6 is 24.8 Å². The highest BCUT2D eigenvalue weighted by molar-refractivity contribution is 5.85. The maximum atomic E-state index is 12.4. The lowest BCUT2D eigenvalue weighted by Gasteiger charge is -2.34. The van der Waals surface area contributed by atoms with E-state index in [2.05, 4.69) is 52.8 Å². The fraction of sp³-hybridized carbons (Fsp3) is 0.611. The smallest absolute Gasteiger partial charge is 0.227 e. The van der Waals surface area contributed by atoms with Crippen LogP contribution in [0, 0.1) is 5.41 Å². The standard InChI is InChI=1S/C18H27N3O.2ClH/c1-18(9-10-19-14-18)17(22)20-16-7-11-21(12-8-16)13-15-5-3-2-4-6-15;;/h2-6,16,19H,7-14H2,1H3,(H,20,22);2*1H. The first-order valence-corrected chi connectivity index (χ1v) is 8.44. The highest BCUT2D eigenvalue weighted by atomic mass is 35.5. The van der Waals surface area contributed by atoms with Crippen LogP contribution in [0.5, 0.6) is 0 Å². The fourth-order valence-corrected chi connectivity index (χ4v) is 3.45. The van der Waals surface area contributed by atoms with Crippen molar-refractivity contribution in [2.45, 2.75) is 38.8 Å². The summed E-state index contributed by atoms with van der Waals surface area (Å²) in [5, 5.41) is 6.58. The first-order valence-electron chi connectivity index (χ1n) is 8.44. The van der Waals surface area contributed by atoms with Gasteiger partial charge in [0.05, 0.1) is 5.41 Å². The molecule has 0 radical (unpaired) electrons. The molecule has 1 aromatic rings. The number of nitrogens with one attached hydrogen (secondary N) is 2. The first kappa shape index (κ1) is 21.2. The summed E-state index contributed by atoms with van der Waals surface area (Å²) in [7, 11) is 0. The van der Waals surface area contributed by atoms with E-state index in [0.29, 0.717) is 6.04 Å². The number of hydrogen-bond donors (Lipinski definition) is 2. The average molecular weight is 374 g/mol. The molecule has 2 N–H and O–H groups in total. The van der Waals surface area contributed by atoms with Gasteiger partial charge in [-0.3, -0.25) is 9.69 Å². The molecule has 0 aromatic heterocycles. The zero-order chi connectivity index (χ0) is 15.4. The van der Waals surface area contributed by atoms with E-state index in [-0.39, 0.29) is 36.1 Å². The van der Waals surface area contributed by atoms with Gasteiger partial charge in [-0.2, -0.15) is 0 Å². The summed E-state index contributed by atoms with van der Waals surface area (Å²) in [6.45, 7) is 6.99. The lowest BCUT2D eigenvalue weighted by molar-refractivity contribution is -0.130. The Morgan fingerprint density at radius 3 is 2.50 bits per heavy atom. The lowest BCUT2D eigenvalue weighted by Crippen LogP contribution is -2.49. The van der Waals surface area contributed by atoms with Gasteiger partial charge in [-0.15, -0.1) is 24.8 Å². The molecule has 0 bridgehead atoms. The van der Waals surface area contributed by atoms with E-state index in [9.17, 15) is 4.79 Å². The van der Waals surface area contributed by atoms with Crippen LogP contribution in [0.2, 0.25) is 0 Å². The van der Waals surface area contributed by atoms with E-state index in [1.165, 1.54) is 5.56 Å². The molecule has 1 aromatic carbocycles. The number of benzene rings is 1. The van der Waals surface area contributed by atoms with Gasteiger partial charge in [-0.05, 0) is 38.3 Å². The summed E-state index contributed by atoms with van der Waals surface area (Å²) >= 11 is 0. The van der Waals surface area contributed by atoms with Crippen molar-refractivity contribution in [1.82, 2.24) is 15.5 Å². The molecule has 0 saturated carbocycles. The van der Waals surface area contributed by atoms with Crippen molar-refractivity contribution < 1.29 is 4.79 Å². The monoisotopic (exact) mass is 373 g/mol. The second kappa shape index (κ2) is 9.62. The number of amides is 1. The summed E-state index contributed by atoms with van der Waals surface area (Å²) in [5.74, 6) is 0.235. The fourth-order valence-electron chi connectivity index (χ4n) is 3.45. The molecule has 1 atom stereocenters. The number of halogens is 2. The molecular formula is C18H29Cl2N3O. The van der Waals surface area contributed by atoms with Gasteiger partial charge < -0.3 is 10.6 Å². The molecule has 2 aliphatic rings. The summed E-state index contributed by atoms with van der Waals surface area (Å²) in [5.41, 5.74) is 1.16. The largest absolute Gasteiger partial charge is 0.353 e. The molecule has 0 spiro atoms. The van der Waals surface area contributed by atoms with Gasteiger partial charge in [-0.1, -0.05) is 30.3 Å². The van der Waals surface area contributed by atoms with Crippen LogP contribution in [0.1, 0.15) is 31.7 Å². The van der Waals surface area contributed by atoms with Gasteiger partial charge in [0.15, 0.2) is 0 Å². The zero-order valence-corrected chi connectivity index (χ0v) is 15.9. The molecule has 2 heterocycles. The predicted molar refractivity (Wildman–Crippen MR) is 103 cm³/mol. The SMILES string of the molecule is CC1(C(=O)NC2CCN(Cc3ccccc3)CC2)CCNC1.Cl.Cl. The molecule has 2 saturated heterocycles. The summed E-state index contributed by atoms with van der Waals surface area (Å²) in [6.07, 6.45) is 3.07. The Balaban J connectivity index is 0.00000144. The Kier molecular flexibility index (Phi) is 8.51. The molecule has 1 amide bonds. The number of likely N-dealkylation sites (tertiary alicyclic amines) is 1. The van der Waals surface area contributed by atoms with Crippen molar-refractivity contribution in [2.75, 3.05) is 26.2 Å². The van der Waals surface area contributed by atoms with Gasteiger partial charge in [-0.25, -0.2) is 0 Å². The van der Waals surface area contributed by atoms with Crippen LogP contribution in [0.3, 0.4) is 0 Å². The predicted octanol–water partition coefficient (Wildman–Crippen LogP) is 2.61. The summed E-state index contributed by atoms with van der Waals surface area (Å²) in [6, 6.07) is 11.0. The molecule has 1 unspecified atom stereocenters. The van der Waals surface area contributed by atoms with Crippen molar-refractivity contribution in [3.63, 3.8) is 0 Å². The minimum atomic E-state index is -0.207. The van der Waals surface area contributed by atoms with Crippen LogP contribution < -0.4 is 10.6 Å². The van der Waals surface area contributed by atoms with E-state index in [1.54, 1.807) is 0 Å². The maximum Gasteiger partial charge on any atom is 0.227 e. The molecule has 4 nitrogen and oxygen atoms in total. The molecule has 0 aliphatic carbocycles. The quantitative estimate of drug-likeness (QED) is 0.852. The number of hydrogen-bond acceptors (Lipinski definition) is 3. The van der Waals surface area contributed by atoms with Gasteiger partial charge >= 0.3 is 0 Å². The Hall–Kier alpha value is -0.810. The number of nitrogens with zero attached hydrogens (tertiary/aromatic N) is 1. The van der Waals surface area contributed by atoms with Gasteiger partial charge in [0.2, 0.25) is 5.91 Å². The molecule has 2 aliphatic heterocycles. The van der Waals surface area contributed by atoms with Crippen LogP contribution in [-0.2, 0) is 11.3 Å². The van der Waals surface area contributed by atoms with E-state index < -0.39 is 0 Å². The molecular weight excluding hydrogens is 345 g/mol.